The second-order valence-corrected chi connectivity index (χ2v) is 1.76. The Balaban J connectivity index is 2.71. The summed E-state index contributed by atoms with van der Waals surface area (Å²) < 4.78 is 13.0. The summed E-state index contributed by atoms with van der Waals surface area (Å²) in [6.45, 7) is -0.228. The third kappa shape index (κ3) is 1.32. The lowest BCUT2D eigenvalue weighted by molar-refractivity contribution is 0.427. The van der Waals surface area contributed by atoms with E-state index < -0.39 is 6.67 Å². The second kappa shape index (κ2) is 2.97. The Morgan fingerprint density at radius 2 is 2.60 bits per heavy atom. The molecule has 4 heteroatoms. The molecule has 52 valence electrons. The molecule has 3 nitrogen and oxygen atoms in total. The maximum Gasteiger partial charge on any atom is 0.162 e. The van der Waals surface area contributed by atoms with E-state index in [0.29, 0.717) is 5.69 Å². The van der Waals surface area contributed by atoms with Crippen molar-refractivity contribution < 1.29 is 4.39 Å². The average molecular weight is 139 g/mol. The Labute approximate surface area is 57.7 Å². The van der Waals surface area contributed by atoms with Crippen LogP contribution in [-0.4, -0.2) is 16.5 Å². The molecule has 0 unspecified atom stereocenters. The van der Waals surface area contributed by atoms with Gasteiger partial charge in [0.25, 0.3) is 0 Å². The lowest BCUT2D eigenvalue weighted by Crippen LogP contribution is -1.99. The summed E-state index contributed by atoms with van der Waals surface area (Å²) in [6, 6.07) is 3.40. The molecule has 0 aliphatic carbocycles. The molecule has 0 aromatic carbocycles. The van der Waals surface area contributed by atoms with Gasteiger partial charge < -0.3 is 0 Å². The molecule has 1 aromatic heterocycles. The Hall–Kier alpha value is -1.37. The lowest BCUT2D eigenvalue weighted by Gasteiger charge is -1.91. The normalized spacial score (nSPS) is 9.20. The van der Waals surface area contributed by atoms with Crippen molar-refractivity contribution in [2.24, 2.45) is 0 Å². The molecule has 0 atom stereocenters. The molecular weight excluding hydrogens is 133 g/mol. The predicted octanol–water partition coefficient (Wildman–Crippen LogP) is 0.724. The van der Waals surface area contributed by atoms with Crippen LogP contribution >= 0.6 is 0 Å². The summed E-state index contributed by atoms with van der Waals surface area (Å²) >= 11 is 0. The van der Waals surface area contributed by atoms with E-state index in [1.54, 1.807) is 12.3 Å². The molecule has 0 aliphatic rings. The first-order valence-corrected chi connectivity index (χ1v) is 2.86. The molecule has 0 aliphatic heterocycles. The van der Waals surface area contributed by atoms with Crippen LogP contribution in [-0.2, 0) is 6.54 Å². The van der Waals surface area contributed by atoms with E-state index in [-0.39, 0.29) is 6.54 Å². The van der Waals surface area contributed by atoms with Crippen LogP contribution in [0.15, 0.2) is 12.3 Å². The quantitative estimate of drug-likeness (QED) is 0.605. The first-order valence-electron chi connectivity index (χ1n) is 2.86. The SMILES string of the molecule is N#Cc1ccn(CCF)n1. The van der Waals surface area contributed by atoms with Gasteiger partial charge in [0.05, 0.1) is 6.54 Å². The van der Waals surface area contributed by atoms with Crippen molar-refractivity contribution in [2.75, 3.05) is 6.67 Å². The largest absolute Gasteiger partial charge is 0.269 e. The van der Waals surface area contributed by atoms with E-state index in [9.17, 15) is 4.39 Å². The molecule has 1 aromatic rings. The molecule has 0 fully saturated rings. The number of nitriles is 1. The summed E-state index contributed by atoms with van der Waals surface area (Å²) in [4.78, 5) is 0. The first-order chi connectivity index (χ1) is 4.86. The van der Waals surface area contributed by atoms with Crippen molar-refractivity contribution in [3.05, 3.63) is 18.0 Å². The number of hydrogen-bond donors (Lipinski definition) is 0. The molecule has 0 saturated carbocycles. The lowest BCUT2D eigenvalue weighted by atomic mass is 10.5. The van der Waals surface area contributed by atoms with Gasteiger partial charge in [-0.1, -0.05) is 0 Å². The van der Waals surface area contributed by atoms with Crippen LogP contribution in [0.5, 0.6) is 0 Å². The van der Waals surface area contributed by atoms with Crippen molar-refractivity contribution in [2.45, 2.75) is 6.54 Å². The molecule has 10 heavy (non-hydrogen) atoms. The van der Waals surface area contributed by atoms with Gasteiger partial charge in [-0.05, 0) is 6.07 Å². The van der Waals surface area contributed by atoms with E-state index in [4.69, 9.17) is 5.26 Å². The molecule has 0 N–H and O–H groups in total. The fourth-order valence-corrected chi connectivity index (χ4v) is 0.632. The molecule has 1 rings (SSSR count). The van der Waals surface area contributed by atoms with Gasteiger partial charge in [-0.3, -0.25) is 4.68 Å². The molecule has 0 spiro atoms. The number of nitrogens with zero attached hydrogens (tertiary/aromatic N) is 3. The number of hydrogen-bond acceptors (Lipinski definition) is 2. The average Bonchev–Trinajstić information content (AvgIpc) is 2.37. The van der Waals surface area contributed by atoms with Crippen molar-refractivity contribution in [1.82, 2.24) is 9.78 Å². The summed E-state index contributed by atoms with van der Waals surface area (Å²) in [5.41, 5.74) is 0.327. The van der Waals surface area contributed by atoms with E-state index in [1.165, 1.54) is 4.68 Å². The van der Waals surface area contributed by atoms with E-state index in [0.717, 1.165) is 0 Å². The third-order valence-corrected chi connectivity index (χ3v) is 1.07. The van der Waals surface area contributed by atoms with Crippen LogP contribution in [0.2, 0.25) is 0 Å². The minimum Gasteiger partial charge on any atom is -0.269 e. The number of alkyl halides is 1. The fraction of sp³-hybridized carbons (Fsp3) is 0.333. The Bertz CT molecular complexity index is 248. The highest BCUT2D eigenvalue weighted by Gasteiger charge is 1.94. The predicted molar refractivity (Wildman–Crippen MR) is 32.9 cm³/mol. The number of rotatable bonds is 2. The summed E-state index contributed by atoms with van der Waals surface area (Å²) in [5, 5.41) is 12.0. The highest BCUT2D eigenvalue weighted by Crippen LogP contribution is 1.92. The standard InChI is InChI=1S/C6H6FN3/c7-2-4-10-3-1-6(5-8)9-10/h1,3H,2,4H2. The van der Waals surface area contributed by atoms with Crippen LogP contribution in [0.4, 0.5) is 4.39 Å². The van der Waals surface area contributed by atoms with Gasteiger partial charge >= 0.3 is 0 Å². The fourth-order valence-electron chi connectivity index (χ4n) is 0.632. The van der Waals surface area contributed by atoms with Crippen LogP contribution in [0.1, 0.15) is 5.69 Å². The van der Waals surface area contributed by atoms with Gasteiger partial charge in [-0.2, -0.15) is 10.4 Å². The van der Waals surface area contributed by atoms with Crippen LogP contribution in [0, 0.1) is 11.3 Å². The summed E-state index contributed by atoms with van der Waals surface area (Å²) in [5.74, 6) is 0. The van der Waals surface area contributed by atoms with Gasteiger partial charge in [0.15, 0.2) is 5.69 Å². The van der Waals surface area contributed by atoms with Crippen molar-refractivity contribution in [3.63, 3.8) is 0 Å². The third-order valence-electron chi connectivity index (χ3n) is 1.07. The van der Waals surface area contributed by atoms with Crippen molar-refractivity contribution in [3.8, 4) is 6.07 Å². The maximum absolute atomic E-state index is 11.6. The highest BCUT2D eigenvalue weighted by molar-refractivity contribution is 5.16. The van der Waals surface area contributed by atoms with Gasteiger partial charge in [0.2, 0.25) is 0 Å². The van der Waals surface area contributed by atoms with Gasteiger partial charge in [0, 0.05) is 6.20 Å². The summed E-state index contributed by atoms with van der Waals surface area (Å²) in [7, 11) is 0. The Kier molecular flexibility index (Phi) is 2.00. The zero-order valence-electron chi connectivity index (χ0n) is 5.29. The zero-order valence-corrected chi connectivity index (χ0v) is 5.29. The number of halogens is 1. The van der Waals surface area contributed by atoms with Gasteiger partial charge in [-0.15, -0.1) is 0 Å². The molecule has 0 saturated heterocycles. The smallest absolute Gasteiger partial charge is 0.162 e. The van der Waals surface area contributed by atoms with Gasteiger partial charge in [0.1, 0.15) is 12.7 Å². The molecule has 0 radical (unpaired) electrons. The second-order valence-electron chi connectivity index (χ2n) is 1.76. The van der Waals surface area contributed by atoms with Crippen LogP contribution in [0.25, 0.3) is 0 Å². The zero-order chi connectivity index (χ0) is 7.40. The van der Waals surface area contributed by atoms with E-state index >= 15 is 0 Å². The minimum atomic E-state index is -0.452. The Morgan fingerprint density at radius 1 is 1.80 bits per heavy atom. The molecule has 0 bridgehead atoms. The molecule has 0 amide bonds. The van der Waals surface area contributed by atoms with E-state index in [2.05, 4.69) is 5.10 Å². The van der Waals surface area contributed by atoms with Crippen LogP contribution < -0.4 is 0 Å². The number of aryl methyl sites for hydroxylation is 1. The molecule has 1 heterocycles. The van der Waals surface area contributed by atoms with Crippen LogP contribution in [0.3, 0.4) is 0 Å². The minimum absolute atomic E-state index is 0.224. The maximum atomic E-state index is 11.6. The Morgan fingerprint density at radius 3 is 3.10 bits per heavy atom. The van der Waals surface area contributed by atoms with Gasteiger partial charge in [-0.25, -0.2) is 4.39 Å². The highest BCUT2D eigenvalue weighted by atomic mass is 19.1. The van der Waals surface area contributed by atoms with Crippen molar-refractivity contribution >= 4 is 0 Å². The number of aromatic nitrogens is 2. The van der Waals surface area contributed by atoms with Crippen molar-refractivity contribution in [1.29, 1.82) is 5.26 Å². The summed E-state index contributed by atoms with van der Waals surface area (Å²) in [6.07, 6.45) is 1.58. The van der Waals surface area contributed by atoms with E-state index in [1.807, 2.05) is 6.07 Å². The topological polar surface area (TPSA) is 41.6 Å². The first kappa shape index (κ1) is 6.75. The monoisotopic (exact) mass is 139 g/mol. The molecular formula is C6H6FN3.